The highest BCUT2D eigenvalue weighted by Gasteiger charge is 2.25. The second kappa shape index (κ2) is 6.60. The van der Waals surface area contributed by atoms with Crippen LogP contribution in [0.3, 0.4) is 0 Å². The van der Waals surface area contributed by atoms with Gasteiger partial charge in [-0.1, -0.05) is 36.4 Å². The Balaban J connectivity index is 1.32. The summed E-state index contributed by atoms with van der Waals surface area (Å²) in [6.07, 6.45) is 1.28. The highest BCUT2D eigenvalue weighted by Crippen LogP contribution is 2.30. The minimum atomic E-state index is 0.0868. The van der Waals surface area contributed by atoms with Crippen LogP contribution < -0.4 is 14.8 Å². The Bertz CT molecular complexity index is 673. The SMILES string of the molecule is c1ccc2c(c1)CCO[C@@H]2C[NH2+]C[C@H]1COc2ccccc2O1. The molecule has 0 fully saturated rings. The molecule has 0 unspecified atom stereocenters. The molecule has 23 heavy (non-hydrogen) atoms. The molecular formula is C19H22NO3+. The monoisotopic (exact) mass is 312 g/mol. The lowest BCUT2D eigenvalue weighted by molar-refractivity contribution is -0.668. The van der Waals surface area contributed by atoms with Gasteiger partial charge >= 0.3 is 0 Å². The van der Waals surface area contributed by atoms with Gasteiger partial charge in [-0.25, -0.2) is 0 Å². The molecule has 2 heterocycles. The largest absolute Gasteiger partial charge is 0.486 e. The number of nitrogens with two attached hydrogens (primary N) is 1. The van der Waals surface area contributed by atoms with Gasteiger partial charge in [0.15, 0.2) is 17.6 Å². The van der Waals surface area contributed by atoms with E-state index < -0.39 is 0 Å². The summed E-state index contributed by atoms with van der Waals surface area (Å²) in [5, 5.41) is 2.27. The lowest BCUT2D eigenvalue weighted by Gasteiger charge is -2.27. The highest BCUT2D eigenvalue weighted by molar-refractivity contribution is 5.40. The zero-order chi connectivity index (χ0) is 15.5. The number of benzene rings is 2. The average molecular weight is 312 g/mol. The van der Waals surface area contributed by atoms with Crippen molar-refractivity contribution in [1.29, 1.82) is 0 Å². The first-order valence-corrected chi connectivity index (χ1v) is 8.30. The standard InChI is InChI=1S/C19H21NO3/c1-2-6-16-14(5-1)9-10-21-19(16)12-20-11-15-13-22-17-7-3-4-8-18(17)23-15/h1-8,15,19-20H,9-13H2/p+1/t15-,19+/m0/s1. The molecule has 0 aliphatic carbocycles. The molecule has 2 atom stereocenters. The molecule has 2 aliphatic heterocycles. The van der Waals surface area contributed by atoms with E-state index in [2.05, 4.69) is 29.6 Å². The molecule has 0 bridgehead atoms. The van der Waals surface area contributed by atoms with Crippen LogP contribution in [-0.4, -0.2) is 32.4 Å². The summed E-state index contributed by atoms with van der Waals surface area (Å²) in [5.41, 5.74) is 2.75. The van der Waals surface area contributed by atoms with Crippen LogP contribution in [0.2, 0.25) is 0 Å². The molecule has 2 aliphatic rings. The molecule has 2 aromatic rings. The number of para-hydroxylation sites is 2. The van der Waals surface area contributed by atoms with Crippen LogP contribution in [0.4, 0.5) is 0 Å². The first-order valence-electron chi connectivity index (χ1n) is 8.30. The quantitative estimate of drug-likeness (QED) is 0.935. The number of ether oxygens (including phenoxy) is 3. The van der Waals surface area contributed by atoms with E-state index in [9.17, 15) is 0 Å². The fourth-order valence-corrected chi connectivity index (χ4v) is 3.28. The maximum absolute atomic E-state index is 5.99. The Morgan fingerprint density at radius 2 is 1.78 bits per heavy atom. The summed E-state index contributed by atoms with van der Waals surface area (Å²) in [7, 11) is 0. The minimum Gasteiger partial charge on any atom is -0.486 e. The normalized spacial score (nSPS) is 22.4. The van der Waals surface area contributed by atoms with Crippen LogP contribution in [0.15, 0.2) is 48.5 Å². The topological polar surface area (TPSA) is 44.3 Å². The molecule has 120 valence electrons. The van der Waals surface area contributed by atoms with Crippen molar-refractivity contribution in [2.24, 2.45) is 0 Å². The number of quaternary nitrogens is 1. The maximum atomic E-state index is 5.99. The number of hydrogen-bond donors (Lipinski definition) is 1. The van der Waals surface area contributed by atoms with Crippen molar-refractivity contribution >= 4 is 0 Å². The zero-order valence-electron chi connectivity index (χ0n) is 13.1. The fourth-order valence-electron chi connectivity index (χ4n) is 3.28. The molecule has 4 nitrogen and oxygen atoms in total. The van der Waals surface area contributed by atoms with Crippen molar-refractivity contribution in [1.82, 2.24) is 0 Å². The van der Waals surface area contributed by atoms with E-state index in [4.69, 9.17) is 14.2 Å². The van der Waals surface area contributed by atoms with Crippen LogP contribution >= 0.6 is 0 Å². The second-order valence-electron chi connectivity index (χ2n) is 6.07. The van der Waals surface area contributed by atoms with Crippen molar-refractivity contribution in [3.63, 3.8) is 0 Å². The molecule has 2 N–H and O–H groups in total. The first kappa shape index (κ1) is 14.5. The van der Waals surface area contributed by atoms with E-state index in [0.717, 1.165) is 37.6 Å². The van der Waals surface area contributed by atoms with Gasteiger partial charge in [0, 0.05) is 0 Å². The van der Waals surface area contributed by atoms with Gasteiger partial charge in [-0.3, -0.25) is 0 Å². The van der Waals surface area contributed by atoms with Gasteiger partial charge in [-0.15, -0.1) is 0 Å². The molecule has 0 radical (unpaired) electrons. The highest BCUT2D eigenvalue weighted by atomic mass is 16.6. The van der Waals surface area contributed by atoms with Crippen molar-refractivity contribution in [2.75, 3.05) is 26.3 Å². The second-order valence-corrected chi connectivity index (χ2v) is 6.07. The Morgan fingerprint density at radius 1 is 0.957 bits per heavy atom. The molecule has 0 saturated heterocycles. The molecule has 0 aromatic heterocycles. The van der Waals surface area contributed by atoms with E-state index in [-0.39, 0.29) is 12.2 Å². The molecule has 4 heteroatoms. The molecule has 0 saturated carbocycles. The lowest BCUT2D eigenvalue weighted by Crippen LogP contribution is -2.88. The number of rotatable bonds is 4. The first-order chi connectivity index (χ1) is 11.4. The smallest absolute Gasteiger partial charge is 0.181 e. The van der Waals surface area contributed by atoms with Gasteiger partial charge in [0.2, 0.25) is 0 Å². The van der Waals surface area contributed by atoms with Crippen LogP contribution in [0.5, 0.6) is 11.5 Å². The summed E-state index contributed by atoms with van der Waals surface area (Å²) < 4.78 is 17.7. The maximum Gasteiger partial charge on any atom is 0.181 e. The van der Waals surface area contributed by atoms with Crippen molar-refractivity contribution in [3.8, 4) is 11.5 Å². The van der Waals surface area contributed by atoms with Gasteiger partial charge in [0.25, 0.3) is 0 Å². The Kier molecular flexibility index (Phi) is 4.18. The predicted molar refractivity (Wildman–Crippen MR) is 86.9 cm³/mol. The van der Waals surface area contributed by atoms with Crippen LogP contribution in [0.25, 0.3) is 0 Å². The van der Waals surface area contributed by atoms with Crippen molar-refractivity contribution < 1.29 is 19.5 Å². The third-order valence-corrected chi connectivity index (χ3v) is 4.47. The van der Waals surface area contributed by atoms with Gasteiger partial charge in [0.1, 0.15) is 25.8 Å². The third-order valence-electron chi connectivity index (χ3n) is 4.47. The van der Waals surface area contributed by atoms with Crippen LogP contribution in [-0.2, 0) is 11.2 Å². The lowest BCUT2D eigenvalue weighted by atomic mass is 9.97. The number of hydrogen-bond acceptors (Lipinski definition) is 3. The molecule has 0 amide bonds. The van der Waals surface area contributed by atoms with Crippen molar-refractivity contribution in [3.05, 3.63) is 59.7 Å². The summed E-state index contributed by atoms with van der Waals surface area (Å²) in [6, 6.07) is 16.4. The zero-order valence-corrected chi connectivity index (χ0v) is 13.1. The molecule has 2 aromatic carbocycles. The third kappa shape index (κ3) is 3.19. The van der Waals surface area contributed by atoms with Gasteiger partial charge in [0.05, 0.1) is 6.61 Å². The van der Waals surface area contributed by atoms with E-state index >= 15 is 0 Å². The van der Waals surface area contributed by atoms with Crippen LogP contribution in [0, 0.1) is 0 Å². The summed E-state index contributed by atoms with van der Waals surface area (Å²) in [4.78, 5) is 0. The van der Waals surface area contributed by atoms with Gasteiger partial charge in [-0.05, 0) is 29.7 Å². The van der Waals surface area contributed by atoms with E-state index in [0.29, 0.717) is 6.61 Å². The van der Waals surface area contributed by atoms with Gasteiger partial charge < -0.3 is 19.5 Å². The summed E-state index contributed by atoms with van der Waals surface area (Å²) in [5.74, 6) is 1.68. The van der Waals surface area contributed by atoms with E-state index in [1.54, 1.807) is 0 Å². The minimum absolute atomic E-state index is 0.0868. The molecule has 4 rings (SSSR count). The van der Waals surface area contributed by atoms with E-state index in [1.807, 2.05) is 24.3 Å². The Labute approximate surface area is 136 Å². The predicted octanol–water partition coefficient (Wildman–Crippen LogP) is 1.70. The summed E-state index contributed by atoms with van der Waals surface area (Å²) in [6.45, 7) is 3.20. The van der Waals surface area contributed by atoms with E-state index in [1.165, 1.54) is 11.1 Å². The molecule has 0 spiro atoms. The van der Waals surface area contributed by atoms with Crippen LogP contribution in [0.1, 0.15) is 17.2 Å². The van der Waals surface area contributed by atoms with Crippen molar-refractivity contribution in [2.45, 2.75) is 18.6 Å². The fraction of sp³-hybridized carbons (Fsp3) is 0.368. The Morgan fingerprint density at radius 3 is 2.74 bits per heavy atom. The Hall–Kier alpha value is -2.04. The average Bonchev–Trinajstić information content (AvgIpc) is 2.62. The van der Waals surface area contributed by atoms with Gasteiger partial charge in [-0.2, -0.15) is 0 Å². The summed E-state index contributed by atoms with van der Waals surface area (Å²) >= 11 is 0. The number of fused-ring (bicyclic) bond motifs is 2. The molecular weight excluding hydrogens is 290 g/mol.